The van der Waals surface area contributed by atoms with Gasteiger partial charge in [0.05, 0.1) is 11.6 Å². The summed E-state index contributed by atoms with van der Waals surface area (Å²) >= 11 is 0. The molecule has 1 fully saturated rings. The first-order chi connectivity index (χ1) is 17.0. The number of hydrogen-bond acceptors (Lipinski definition) is 5. The minimum Gasteiger partial charge on any atom is -0.507 e. The average Bonchev–Trinajstić information content (AvgIpc) is 3.13. The quantitative estimate of drug-likeness (QED) is 0.205. The fraction of sp³-hybridized carbons (Fsp3) is 0.241. The summed E-state index contributed by atoms with van der Waals surface area (Å²) in [6.07, 6.45) is 0.583. The molecule has 35 heavy (non-hydrogen) atoms. The van der Waals surface area contributed by atoms with Crippen LogP contribution >= 0.6 is 0 Å². The summed E-state index contributed by atoms with van der Waals surface area (Å²) in [6.45, 7) is 3.08. The largest absolute Gasteiger partial charge is 0.507 e. The zero-order valence-corrected chi connectivity index (χ0v) is 19.9. The van der Waals surface area contributed by atoms with Crippen LogP contribution in [-0.2, 0) is 20.9 Å². The second kappa shape index (κ2) is 11.0. The zero-order chi connectivity index (χ0) is 24.8. The van der Waals surface area contributed by atoms with Crippen LogP contribution in [0.5, 0.6) is 5.75 Å². The van der Waals surface area contributed by atoms with Gasteiger partial charge in [-0.1, -0.05) is 60.7 Å². The van der Waals surface area contributed by atoms with Crippen molar-refractivity contribution in [2.75, 3.05) is 20.3 Å². The predicted molar refractivity (Wildman–Crippen MR) is 134 cm³/mol. The van der Waals surface area contributed by atoms with E-state index in [1.807, 2.05) is 73.7 Å². The molecule has 3 aromatic carbocycles. The summed E-state index contributed by atoms with van der Waals surface area (Å²) in [5.74, 6) is -0.823. The fourth-order valence-corrected chi connectivity index (χ4v) is 4.35. The molecule has 0 aromatic heterocycles. The highest BCUT2D eigenvalue weighted by atomic mass is 16.5. The van der Waals surface area contributed by atoms with Crippen molar-refractivity contribution in [3.8, 4) is 5.75 Å². The van der Waals surface area contributed by atoms with Crippen LogP contribution < -0.4 is 4.74 Å². The number of carbonyl (C=O) groups is 2. The van der Waals surface area contributed by atoms with Crippen molar-refractivity contribution in [3.05, 3.63) is 107 Å². The molecule has 1 aliphatic rings. The Morgan fingerprint density at radius 3 is 2.31 bits per heavy atom. The highest BCUT2D eigenvalue weighted by Crippen LogP contribution is 2.40. The fourth-order valence-electron chi connectivity index (χ4n) is 4.35. The number of ketones is 1. The van der Waals surface area contributed by atoms with E-state index in [0.29, 0.717) is 37.5 Å². The van der Waals surface area contributed by atoms with Crippen LogP contribution in [0.25, 0.3) is 5.76 Å². The van der Waals surface area contributed by atoms with E-state index in [1.165, 1.54) is 4.90 Å². The van der Waals surface area contributed by atoms with E-state index in [4.69, 9.17) is 9.47 Å². The number of benzene rings is 3. The minimum absolute atomic E-state index is 0.0969. The number of hydrogen-bond donors (Lipinski definition) is 1. The molecule has 1 heterocycles. The number of carbonyl (C=O) groups excluding carboxylic acids is 2. The Kier molecular flexibility index (Phi) is 7.63. The lowest BCUT2D eigenvalue weighted by atomic mass is 9.94. The molecule has 1 N–H and O–H groups in total. The molecule has 0 saturated carbocycles. The van der Waals surface area contributed by atoms with Crippen LogP contribution in [0.2, 0.25) is 0 Å². The number of likely N-dealkylation sites (tertiary alicyclic amines) is 1. The van der Waals surface area contributed by atoms with Crippen LogP contribution in [0.4, 0.5) is 0 Å². The number of Topliss-reactive ketones (excluding diaryl/α,β-unsaturated/α-hetero) is 1. The molecule has 0 radical (unpaired) electrons. The predicted octanol–water partition coefficient (Wildman–Crippen LogP) is 5.03. The first-order valence-electron chi connectivity index (χ1n) is 11.6. The van der Waals surface area contributed by atoms with Gasteiger partial charge in [-0.15, -0.1) is 0 Å². The van der Waals surface area contributed by atoms with Gasteiger partial charge in [0, 0.05) is 25.8 Å². The lowest BCUT2D eigenvalue weighted by Crippen LogP contribution is -2.31. The van der Waals surface area contributed by atoms with Gasteiger partial charge in [0.15, 0.2) is 0 Å². The molecule has 1 unspecified atom stereocenters. The van der Waals surface area contributed by atoms with Crippen LogP contribution in [-0.4, -0.2) is 42.0 Å². The van der Waals surface area contributed by atoms with E-state index in [-0.39, 0.29) is 11.3 Å². The number of aliphatic hydroxyl groups excluding tert-OH is 1. The van der Waals surface area contributed by atoms with E-state index < -0.39 is 17.7 Å². The van der Waals surface area contributed by atoms with Crippen molar-refractivity contribution in [1.82, 2.24) is 4.90 Å². The van der Waals surface area contributed by atoms with Gasteiger partial charge in [-0.3, -0.25) is 9.59 Å². The summed E-state index contributed by atoms with van der Waals surface area (Å²) in [5.41, 5.74) is 3.15. The summed E-state index contributed by atoms with van der Waals surface area (Å²) in [4.78, 5) is 27.6. The first kappa shape index (κ1) is 24.2. The molecule has 4 rings (SSSR count). The van der Waals surface area contributed by atoms with Gasteiger partial charge in [-0.05, 0) is 48.2 Å². The third kappa shape index (κ3) is 5.28. The number of methoxy groups -OCH3 is 1. The molecule has 1 aliphatic heterocycles. The van der Waals surface area contributed by atoms with Gasteiger partial charge in [0.2, 0.25) is 0 Å². The first-order valence-corrected chi connectivity index (χ1v) is 11.6. The smallest absolute Gasteiger partial charge is 0.295 e. The average molecular weight is 472 g/mol. The van der Waals surface area contributed by atoms with Crippen LogP contribution in [0.15, 0.2) is 84.4 Å². The summed E-state index contributed by atoms with van der Waals surface area (Å²) < 4.78 is 11.0. The lowest BCUT2D eigenvalue weighted by molar-refractivity contribution is -0.140. The number of aryl methyl sites for hydroxylation is 1. The second-order valence-corrected chi connectivity index (χ2v) is 8.50. The maximum Gasteiger partial charge on any atom is 0.295 e. The second-order valence-electron chi connectivity index (χ2n) is 8.50. The third-order valence-corrected chi connectivity index (χ3v) is 6.10. The molecule has 3 aromatic rings. The van der Waals surface area contributed by atoms with Crippen molar-refractivity contribution in [3.63, 3.8) is 0 Å². The van der Waals surface area contributed by atoms with Crippen molar-refractivity contribution >= 4 is 17.4 Å². The highest BCUT2D eigenvalue weighted by Gasteiger charge is 2.45. The van der Waals surface area contributed by atoms with Crippen LogP contribution in [0.1, 0.15) is 34.7 Å². The molecule has 1 saturated heterocycles. The SMILES string of the molecule is COCCCN1C(=O)C(=O)/C(=C(/O)c2ccc(OCc3ccccc3)cc2C)C1c1ccccc1. The van der Waals surface area contributed by atoms with Gasteiger partial charge < -0.3 is 19.5 Å². The maximum atomic E-state index is 13.1. The lowest BCUT2D eigenvalue weighted by Gasteiger charge is -2.25. The molecular formula is C29H29NO5. The Morgan fingerprint density at radius 1 is 0.971 bits per heavy atom. The van der Waals surface area contributed by atoms with E-state index in [0.717, 1.165) is 16.7 Å². The van der Waals surface area contributed by atoms with Gasteiger partial charge in [-0.2, -0.15) is 0 Å². The van der Waals surface area contributed by atoms with Gasteiger partial charge in [-0.25, -0.2) is 0 Å². The monoisotopic (exact) mass is 471 g/mol. The highest BCUT2D eigenvalue weighted by molar-refractivity contribution is 6.46. The van der Waals surface area contributed by atoms with Gasteiger partial charge in [0.25, 0.3) is 11.7 Å². The maximum absolute atomic E-state index is 13.1. The topological polar surface area (TPSA) is 76.1 Å². The molecule has 180 valence electrons. The Morgan fingerprint density at radius 2 is 1.66 bits per heavy atom. The normalized spacial score (nSPS) is 17.1. The molecular weight excluding hydrogens is 442 g/mol. The summed E-state index contributed by atoms with van der Waals surface area (Å²) in [6, 6.07) is 23.8. The molecule has 1 amide bonds. The molecule has 6 nitrogen and oxygen atoms in total. The third-order valence-electron chi connectivity index (χ3n) is 6.10. The molecule has 0 bridgehead atoms. The number of rotatable bonds is 9. The molecule has 6 heteroatoms. The standard InChI is InChI=1S/C29H29NO5/c1-20-18-23(35-19-21-10-5-3-6-11-21)14-15-24(20)27(31)25-26(22-12-7-4-8-13-22)30(16-9-17-34-2)29(33)28(25)32/h3-8,10-15,18,26,31H,9,16-17,19H2,1-2H3/b27-25+. The Balaban J connectivity index is 1.67. The zero-order valence-electron chi connectivity index (χ0n) is 19.9. The molecule has 0 aliphatic carbocycles. The van der Waals surface area contributed by atoms with Crippen LogP contribution in [0, 0.1) is 6.92 Å². The molecule has 1 atom stereocenters. The minimum atomic E-state index is -0.683. The number of nitrogens with zero attached hydrogens (tertiary/aromatic N) is 1. The Hall–Kier alpha value is -3.90. The summed E-state index contributed by atoms with van der Waals surface area (Å²) in [5, 5.41) is 11.3. The molecule has 0 spiro atoms. The summed E-state index contributed by atoms with van der Waals surface area (Å²) in [7, 11) is 1.60. The van der Waals surface area contributed by atoms with Gasteiger partial charge in [0.1, 0.15) is 18.1 Å². The van der Waals surface area contributed by atoms with E-state index in [1.54, 1.807) is 19.2 Å². The number of amides is 1. The van der Waals surface area contributed by atoms with Crippen molar-refractivity contribution in [2.24, 2.45) is 0 Å². The number of aliphatic hydroxyl groups is 1. The van der Waals surface area contributed by atoms with Crippen molar-refractivity contribution in [2.45, 2.75) is 26.0 Å². The van der Waals surface area contributed by atoms with Crippen molar-refractivity contribution in [1.29, 1.82) is 0 Å². The Labute approximate surface area is 205 Å². The van der Waals surface area contributed by atoms with Crippen molar-refractivity contribution < 1.29 is 24.2 Å². The van der Waals surface area contributed by atoms with E-state index in [9.17, 15) is 14.7 Å². The van der Waals surface area contributed by atoms with E-state index in [2.05, 4.69) is 0 Å². The van der Waals surface area contributed by atoms with Crippen LogP contribution in [0.3, 0.4) is 0 Å². The number of ether oxygens (including phenoxy) is 2. The Bertz CT molecular complexity index is 1220. The van der Waals surface area contributed by atoms with E-state index >= 15 is 0 Å². The van der Waals surface area contributed by atoms with Gasteiger partial charge >= 0.3 is 0 Å².